The summed E-state index contributed by atoms with van der Waals surface area (Å²) in [4.78, 5) is 14.3. The van der Waals surface area contributed by atoms with Crippen LogP contribution in [0.5, 0.6) is 0 Å². The van der Waals surface area contributed by atoms with E-state index in [1.807, 2.05) is 0 Å². The molecule has 1 aromatic rings. The molecule has 0 saturated carbocycles. The molecule has 1 unspecified atom stereocenters. The highest BCUT2D eigenvalue weighted by molar-refractivity contribution is 5.76. The maximum absolute atomic E-state index is 11.9. The van der Waals surface area contributed by atoms with Gasteiger partial charge in [-0.05, 0) is 30.9 Å². The minimum Gasteiger partial charge on any atom is -0.352 e. The predicted molar refractivity (Wildman–Crippen MR) is 82.3 cm³/mol. The molecule has 0 spiro atoms. The van der Waals surface area contributed by atoms with E-state index >= 15 is 0 Å². The summed E-state index contributed by atoms with van der Waals surface area (Å²) in [7, 11) is 0. The largest absolute Gasteiger partial charge is 0.352 e. The van der Waals surface area contributed by atoms with Crippen molar-refractivity contribution in [2.75, 3.05) is 13.1 Å². The van der Waals surface area contributed by atoms with Gasteiger partial charge in [-0.3, -0.25) is 9.69 Å². The average Bonchev–Trinajstić information content (AvgIpc) is 2.39. The molecule has 20 heavy (non-hydrogen) atoms. The lowest BCUT2D eigenvalue weighted by Crippen LogP contribution is -2.47. The van der Waals surface area contributed by atoms with Crippen LogP contribution < -0.4 is 5.32 Å². The SMILES string of the molecule is CC(C)CC(=O)NC1CCCN(Cc2ccccc2)C1. The molecular weight excluding hydrogens is 248 g/mol. The van der Waals surface area contributed by atoms with Gasteiger partial charge in [-0.15, -0.1) is 0 Å². The van der Waals surface area contributed by atoms with E-state index in [0.29, 0.717) is 18.4 Å². The lowest BCUT2D eigenvalue weighted by atomic mass is 10.0. The van der Waals surface area contributed by atoms with Crippen LogP contribution in [0.1, 0.15) is 38.7 Å². The lowest BCUT2D eigenvalue weighted by Gasteiger charge is -2.33. The quantitative estimate of drug-likeness (QED) is 0.895. The first-order chi connectivity index (χ1) is 9.63. The molecule has 1 atom stereocenters. The van der Waals surface area contributed by atoms with Gasteiger partial charge in [0.1, 0.15) is 0 Å². The molecule has 0 aromatic heterocycles. The van der Waals surface area contributed by atoms with Gasteiger partial charge < -0.3 is 5.32 Å². The Morgan fingerprint density at radius 3 is 2.80 bits per heavy atom. The fourth-order valence-electron chi connectivity index (χ4n) is 2.82. The summed E-state index contributed by atoms with van der Waals surface area (Å²) in [5, 5.41) is 3.19. The Labute approximate surface area is 122 Å². The highest BCUT2D eigenvalue weighted by atomic mass is 16.1. The monoisotopic (exact) mass is 274 g/mol. The van der Waals surface area contributed by atoms with E-state index in [1.165, 1.54) is 12.0 Å². The zero-order valence-corrected chi connectivity index (χ0v) is 12.6. The third-order valence-electron chi connectivity index (χ3n) is 3.71. The number of amides is 1. The lowest BCUT2D eigenvalue weighted by molar-refractivity contribution is -0.122. The molecule has 3 nitrogen and oxygen atoms in total. The first-order valence-electron chi connectivity index (χ1n) is 7.69. The zero-order valence-electron chi connectivity index (χ0n) is 12.6. The molecule has 0 bridgehead atoms. The van der Waals surface area contributed by atoms with Crippen LogP contribution in [0.15, 0.2) is 30.3 Å². The summed E-state index contributed by atoms with van der Waals surface area (Å²) < 4.78 is 0. The molecule has 110 valence electrons. The normalized spacial score (nSPS) is 20.1. The van der Waals surface area contributed by atoms with Crippen LogP contribution in [0.25, 0.3) is 0 Å². The second-order valence-electron chi connectivity index (χ2n) is 6.23. The Morgan fingerprint density at radius 2 is 2.10 bits per heavy atom. The van der Waals surface area contributed by atoms with Gasteiger partial charge in [0.25, 0.3) is 0 Å². The van der Waals surface area contributed by atoms with Crippen molar-refractivity contribution in [2.45, 2.75) is 45.7 Å². The Balaban J connectivity index is 1.81. The number of carbonyl (C=O) groups is 1. The molecule has 1 heterocycles. The third-order valence-corrected chi connectivity index (χ3v) is 3.71. The standard InChI is InChI=1S/C17H26N2O/c1-14(2)11-17(20)18-16-9-6-10-19(13-16)12-15-7-4-3-5-8-15/h3-5,7-8,14,16H,6,9-13H2,1-2H3,(H,18,20). The van der Waals surface area contributed by atoms with E-state index in [4.69, 9.17) is 0 Å². The number of nitrogens with zero attached hydrogens (tertiary/aromatic N) is 1. The van der Waals surface area contributed by atoms with Crippen LogP contribution in [-0.4, -0.2) is 29.9 Å². The molecule has 1 aliphatic rings. The van der Waals surface area contributed by atoms with Crippen molar-refractivity contribution in [3.8, 4) is 0 Å². The highest BCUT2D eigenvalue weighted by Gasteiger charge is 2.21. The molecule has 1 fully saturated rings. The van der Waals surface area contributed by atoms with Crippen molar-refractivity contribution >= 4 is 5.91 Å². The van der Waals surface area contributed by atoms with Crippen LogP contribution in [0.2, 0.25) is 0 Å². The van der Waals surface area contributed by atoms with E-state index in [0.717, 1.165) is 26.1 Å². The van der Waals surface area contributed by atoms with Gasteiger partial charge in [-0.1, -0.05) is 44.2 Å². The first-order valence-corrected chi connectivity index (χ1v) is 7.69. The third kappa shape index (κ3) is 4.97. The van der Waals surface area contributed by atoms with Crippen LogP contribution in [-0.2, 0) is 11.3 Å². The van der Waals surface area contributed by atoms with E-state index in [-0.39, 0.29) is 5.91 Å². The molecule has 0 radical (unpaired) electrons. The van der Waals surface area contributed by atoms with Gasteiger partial charge >= 0.3 is 0 Å². The number of hydrogen-bond donors (Lipinski definition) is 1. The molecule has 1 aromatic carbocycles. The van der Waals surface area contributed by atoms with Crippen molar-refractivity contribution in [1.29, 1.82) is 0 Å². The second kappa shape index (κ2) is 7.44. The number of hydrogen-bond acceptors (Lipinski definition) is 2. The Bertz CT molecular complexity index is 416. The first kappa shape index (κ1) is 15.0. The summed E-state index contributed by atoms with van der Waals surface area (Å²) in [5.74, 6) is 0.630. The summed E-state index contributed by atoms with van der Waals surface area (Å²) in [5.41, 5.74) is 1.35. The number of benzene rings is 1. The van der Waals surface area contributed by atoms with Crippen molar-refractivity contribution in [3.63, 3.8) is 0 Å². The van der Waals surface area contributed by atoms with Crippen molar-refractivity contribution in [2.24, 2.45) is 5.92 Å². The Kier molecular flexibility index (Phi) is 5.60. The summed E-state index contributed by atoms with van der Waals surface area (Å²) >= 11 is 0. The van der Waals surface area contributed by atoms with Crippen molar-refractivity contribution in [1.82, 2.24) is 10.2 Å². The van der Waals surface area contributed by atoms with Crippen molar-refractivity contribution < 1.29 is 4.79 Å². The second-order valence-corrected chi connectivity index (χ2v) is 6.23. The van der Waals surface area contributed by atoms with Crippen LogP contribution >= 0.6 is 0 Å². The molecule has 1 saturated heterocycles. The summed E-state index contributed by atoms with van der Waals surface area (Å²) in [6, 6.07) is 10.9. The van der Waals surface area contributed by atoms with Gasteiger partial charge in [-0.25, -0.2) is 0 Å². The van der Waals surface area contributed by atoms with E-state index in [1.54, 1.807) is 0 Å². The zero-order chi connectivity index (χ0) is 14.4. The summed E-state index contributed by atoms with van der Waals surface area (Å²) in [6.45, 7) is 7.26. The Hall–Kier alpha value is -1.35. The smallest absolute Gasteiger partial charge is 0.220 e. The molecule has 3 heteroatoms. The van der Waals surface area contributed by atoms with Gasteiger partial charge in [0.2, 0.25) is 5.91 Å². The van der Waals surface area contributed by atoms with Crippen LogP contribution in [0.4, 0.5) is 0 Å². The number of rotatable bonds is 5. The number of piperidine rings is 1. The molecule has 1 N–H and O–H groups in total. The molecule has 2 rings (SSSR count). The molecule has 1 amide bonds. The highest BCUT2D eigenvalue weighted by Crippen LogP contribution is 2.14. The predicted octanol–water partition coefficient (Wildman–Crippen LogP) is 2.81. The molecule has 1 aliphatic heterocycles. The number of nitrogens with one attached hydrogen (secondary N) is 1. The van der Waals surface area contributed by atoms with Crippen LogP contribution in [0, 0.1) is 5.92 Å². The van der Waals surface area contributed by atoms with Gasteiger partial charge in [0, 0.05) is 25.6 Å². The van der Waals surface area contributed by atoms with Crippen molar-refractivity contribution in [3.05, 3.63) is 35.9 Å². The minimum absolute atomic E-state index is 0.201. The topological polar surface area (TPSA) is 32.3 Å². The average molecular weight is 274 g/mol. The summed E-state index contributed by atoms with van der Waals surface area (Å²) in [6.07, 6.45) is 2.91. The van der Waals surface area contributed by atoms with E-state index in [2.05, 4.69) is 54.4 Å². The van der Waals surface area contributed by atoms with E-state index in [9.17, 15) is 4.79 Å². The van der Waals surface area contributed by atoms with Crippen LogP contribution in [0.3, 0.4) is 0 Å². The maximum Gasteiger partial charge on any atom is 0.220 e. The Morgan fingerprint density at radius 1 is 1.35 bits per heavy atom. The number of carbonyl (C=O) groups excluding carboxylic acids is 1. The minimum atomic E-state index is 0.201. The van der Waals surface area contributed by atoms with Gasteiger partial charge in [0.05, 0.1) is 0 Å². The van der Waals surface area contributed by atoms with E-state index < -0.39 is 0 Å². The fraction of sp³-hybridized carbons (Fsp3) is 0.588. The molecule has 0 aliphatic carbocycles. The van der Waals surface area contributed by atoms with Gasteiger partial charge in [0.15, 0.2) is 0 Å². The molecular formula is C17H26N2O. The van der Waals surface area contributed by atoms with Gasteiger partial charge in [-0.2, -0.15) is 0 Å². The maximum atomic E-state index is 11.9. The fourth-order valence-corrected chi connectivity index (χ4v) is 2.82. The number of likely N-dealkylation sites (tertiary alicyclic amines) is 1.